The van der Waals surface area contributed by atoms with Crippen molar-refractivity contribution in [1.82, 2.24) is 0 Å². The Morgan fingerprint density at radius 3 is 2.89 bits per heavy atom. The van der Waals surface area contributed by atoms with Crippen molar-refractivity contribution in [2.24, 2.45) is 0 Å². The molecule has 1 aromatic rings. The molecule has 1 saturated heterocycles. The van der Waals surface area contributed by atoms with Crippen LogP contribution in [-0.2, 0) is 4.74 Å². The standard InChI is InChI=1S/C14H19BrO3/c1-9-3-5-12(18-9)8-17-14-7-11(15)4-6-13(14)10(2)16/h4,6-7,9-10,12,16H,3,5,8H2,1-2H3/t9?,10-,12?/m0/s1. The van der Waals surface area contributed by atoms with Gasteiger partial charge < -0.3 is 14.6 Å². The molecule has 0 bridgehead atoms. The van der Waals surface area contributed by atoms with Gasteiger partial charge in [-0.1, -0.05) is 22.0 Å². The lowest BCUT2D eigenvalue weighted by Gasteiger charge is -2.17. The summed E-state index contributed by atoms with van der Waals surface area (Å²) in [5.74, 6) is 0.725. The molecule has 100 valence electrons. The van der Waals surface area contributed by atoms with Crippen LogP contribution in [0.1, 0.15) is 38.4 Å². The molecule has 3 atom stereocenters. The van der Waals surface area contributed by atoms with Crippen molar-refractivity contribution in [1.29, 1.82) is 0 Å². The maximum atomic E-state index is 9.70. The molecule has 1 fully saturated rings. The third-order valence-electron chi connectivity index (χ3n) is 3.17. The molecule has 2 rings (SSSR count). The first-order valence-electron chi connectivity index (χ1n) is 6.32. The summed E-state index contributed by atoms with van der Waals surface area (Å²) in [6.07, 6.45) is 2.10. The molecule has 0 aliphatic carbocycles. The summed E-state index contributed by atoms with van der Waals surface area (Å²) in [6.45, 7) is 4.37. The smallest absolute Gasteiger partial charge is 0.126 e. The number of halogens is 1. The van der Waals surface area contributed by atoms with Gasteiger partial charge in [0.2, 0.25) is 0 Å². The van der Waals surface area contributed by atoms with Crippen LogP contribution >= 0.6 is 15.9 Å². The van der Waals surface area contributed by atoms with Gasteiger partial charge in [-0.3, -0.25) is 0 Å². The molecular weight excluding hydrogens is 296 g/mol. The molecule has 18 heavy (non-hydrogen) atoms. The molecule has 0 radical (unpaired) electrons. The normalized spacial score (nSPS) is 25.1. The summed E-state index contributed by atoms with van der Waals surface area (Å²) in [5.41, 5.74) is 0.809. The topological polar surface area (TPSA) is 38.7 Å². The van der Waals surface area contributed by atoms with Crippen LogP contribution in [-0.4, -0.2) is 23.9 Å². The van der Waals surface area contributed by atoms with Crippen molar-refractivity contribution in [3.05, 3.63) is 28.2 Å². The van der Waals surface area contributed by atoms with Crippen LogP contribution in [0.5, 0.6) is 5.75 Å². The Labute approximate surface area is 116 Å². The summed E-state index contributed by atoms with van der Waals surface area (Å²) < 4.78 is 12.5. The predicted octanol–water partition coefficient (Wildman–Crippen LogP) is 3.45. The summed E-state index contributed by atoms with van der Waals surface area (Å²) >= 11 is 3.42. The Hall–Kier alpha value is -0.580. The first kappa shape index (κ1) is 13.8. The van der Waals surface area contributed by atoms with E-state index in [1.54, 1.807) is 6.92 Å². The second-order valence-corrected chi connectivity index (χ2v) is 5.73. The van der Waals surface area contributed by atoms with Crippen LogP contribution in [0.2, 0.25) is 0 Å². The van der Waals surface area contributed by atoms with Gasteiger partial charge in [0.15, 0.2) is 0 Å². The zero-order valence-corrected chi connectivity index (χ0v) is 12.3. The molecule has 1 aliphatic heterocycles. The molecular formula is C14H19BrO3. The predicted molar refractivity (Wildman–Crippen MR) is 73.8 cm³/mol. The minimum atomic E-state index is -0.531. The van der Waals surface area contributed by atoms with Gasteiger partial charge in [0.1, 0.15) is 12.4 Å². The van der Waals surface area contributed by atoms with E-state index in [9.17, 15) is 5.11 Å². The van der Waals surface area contributed by atoms with E-state index < -0.39 is 6.10 Å². The van der Waals surface area contributed by atoms with Gasteiger partial charge in [-0.05, 0) is 38.8 Å². The van der Waals surface area contributed by atoms with Crippen molar-refractivity contribution < 1.29 is 14.6 Å². The van der Waals surface area contributed by atoms with Crippen molar-refractivity contribution >= 4 is 15.9 Å². The molecule has 0 amide bonds. The number of rotatable bonds is 4. The van der Waals surface area contributed by atoms with E-state index in [2.05, 4.69) is 22.9 Å². The van der Waals surface area contributed by atoms with E-state index in [-0.39, 0.29) is 6.10 Å². The van der Waals surface area contributed by atoms with Crippen LogP contribution in [0.15, 0.2) is 22.7 Å². The maximum Gasteiger partial charge on any atom is 0.126 e. The van der Waals surface area contributed by atoms with Crippen molar-refractivity contribution in [3.8, 4) is 5.75 Å². The van der Waals surface area contributed by atoms with Gasteiger partial charge in [0.25, 0.3) is 0 Å². The molecule has 0 spiro atoms. The second kappa shape index (κ2) is 6.04. The maximum absolute atomic E-state index is 9.70. The second-order valence-electron chi connectivity index (χ2n) is 4.82. The number of ether oxygens (including phenoxy) is 2. The zero-order valence-electron chi connectivity index (χ0n) is 10.7. The molecule has 3 nitrogen and oxygen atoms in total. The number of hydrogen-bond acceptors (Lipinski definition) is 3. The molecule has 1 heterocycles. The highest BCUT2D eigenvalue weighted by atomic mass is 79.9. The fourth-order valence-corrected chi connectivity index (χ4v) is 2.51. The SMILES string of the molecule is CC1CCC(COc2cc(Br)ccc2[C@H](C)O)O1. The van der Waals surface area contributed by atoms with Crippen LogP contribution < -0.4 is 4.74 Å². The van der Waals surface area contributed by atoms with Gasteiger partial charge in [0.05, 0.1) is 18.3 Å². The quantitative estimate of drug-likeness (QED) is 0.925. The highest BCUT2D eigenvalue weighted by molar-refractivity contribution is 9.10. The van der Waals surface area contributed by atoms with E-state index in [0.29, 0.717) is 12.7 Å². The summed E-state index contributed by atoms with van der Waals surface area (Å²) in [5, 5.41) is 9.70. The Balaban J connectivity index is 2.01. The summed E-state index contributed by atoms with van der Waals surface area (Å²) in [4.78, 5) is 0. The van der Waals surface area contributed by atoms with Gasteiger partial charge in [-0.15, -0.1) is 0 Å². The fraction of sp³-hybridized carbons (Fsp3) is 0.571. The summed E-state index contributed by atoms with van der Waals surface area (Å²) in [6, 6.07) is 5.67. The lowest BCUT2D eigenvalue weighted by atomic mass is 10.1. The lowest BCUT2D eigenvalue weighted by molar-refractivity contribution is 0.0256. The van der Waals surface area contributed by atoms with Crippen LogP contribution in [0.4, 0.5) is 0 Å². The van der Waals surface area contributed by atoms with Gasteiger partial charge in [0, 0.05) is 10.0 Å². The summed E-state index contributed by atoms with van der Waals surface area (Å²) in [7, 11) is 0. The minimum absolute atomic E-state index is 0.167. The largest absolute Gasteiger partial charge is 0.490 e. The highest BCUT2D eigenvalue weighted by Gasteiger charge is 2.22. The van der Waals surface area contributed by atoms with Crippen molar-refractivity contribution in [2.45, 2.75) is 45.0 Å². The fourth-order valence-electron chi connectivity index (χ4n) is 2.17. The third kappa shape index (κ3) is 3.46. The Morgan fingerprint density at radius 1 is 1.50 bits per heavy atom. The molecule has 1 N–H and O–H groups in total. The van der Waals surface area contributed by atoms with Gasteiger partial charge >= 0.3 is 0 Å². The average Bonchev–Trinajstić information content (AvgIpc) is 2.72. The molecule has 1 aliphatic rings. The molecule has 2 unspecified atom stereocenters. The number of aliphatic hydroxyl groups is 1. The highest BCUT2D eigenvalue weighted by Crippen LogP contribution is 2.29. The molecule has 1 aromatic carbocycles. The van der Waals surface area contributed by atoms with Crippen molar-refractivity contribution in [2.75, 3.05) is 6.61 Å². The van der Waals surface area contributed by atoms with Crippen molar-refractivity contribution in [3.63, 3.8) is 0 Å². The van der Waals surface area contributed by atoms with E-state index in [4.69, 9.17) is 9.47 Å². The average molecular weight is 315 g/mol. The van der Waals surface area contributed by atoms with Crippen LogP contribution in [0.3, 0.4) is 0 Å². The van der Waals surface area contributed by atoms with Crippen LogP contribution in [0.25, 0.3) is 0 Å². The Morgan fingerprint density at radius 2 is 2.28 bits per heavy atom. The first-order valence-corrected chi connectivity index (χ1v) is 7.11. The van der Waals surface area contributed by atoms with E-state index in [1.165, 1.54) is 0 Å². The third-order valence-corrected chi connectivity index (χ3v) is 3.66. The monoisotopic (exact) mass is 314 g/mol. The zero-order chi connectivity index (χ0) is 13.1. The van der Waals surface area contributed by atoms with E-state index in [1.807, 2.05) is 18.2 Å². The van der Waals surface area contributed by atoms with Crippen LogP contribution in [0, 0.1) is 0 Å². The minimum Gasteiger partial charge on any atom is -0.490 e. The lowest BCUT2D eigenvalue weighted by Crippen LogP contribution is -2.18. The van der Waals surface area contributed by atoms with E-state index >= 15 is 0 Å². The number of aliphatic hydroxyl groups excluding tert-OH is 1. The Kier molecular flexibility index (Phi) is 4.65. The molecule has 0 aromatic heterocycles. The first-order chi connectivity index (χ1) is 8.56. The van der Waals surface area contributed by atoms with Gasteiger partial charge in [-0.2, -0.15) is 0 Å². The Bertz CT molecular complexity index is 406. The molecule has 0 saturated carbocycles. The number of benzene rings is 1. The van der Waals surface area contributed by atoms with Gasteiger partial charge in [-0.25, -0.2) is 0 Å². The number of hydrogen-bond donors (Lipinski definition) is 1. The van der Waals surface area contributed by atoms with E-state index in [0.717, 1.165) is 28.6 Å². The molecule has 4 heteroatoms.